The lowest BCUT2D eigenvalue weighted by Crippen LogP contribution is -3.00. The van der Waals surface area contributed by atoms with Crippen molar-refractivity contribution in [3.8, 4) is 0 Å². The molecule has 0 spiro atoms. The van der Waals surface area contributed by atoms with Crippen LogP contribution in [0.5, 0.6) is 0 Å². The smallest absolute Gasteiger partial charge is 0.0784 e. The van der Waals surface area contributed by atoms with Crippen LogP contribution < -0.4 is 24.0 Å². The minimum atomic E-state index is 0. The second kappa shape index (κ2) is 12.4. The van der Waals surface area contributed by atoms with Gasteiger partial charge < -0.3 is 28.5 Å². The first-order valence-electron chi connectivity index (χ1n) is 8.60. The van der Waals surface area contributed by atoms with Gasteiger partial charge in [-0.25, -0.2) is 0 Å². The summed E-state index contributed by atoms with van der Waals surface area (Å²) in [5.41, 5.74) is 0. The third-order valence-electron chi connectivity index (χ3n) is 4.70. The van der Waals surface area contributed by atoms with Crippen LogP contribution in [0.1, 0.15) is 84.0 Å². The maximum Gasteiger partial charge on any atom is 0.0784 e. The number of hydrogen-bond donors (Lipinski definition) is 0. The van der Waals surface area contributed by atoms with Crippen LogP contribution in [0.15, 0.2) is 0 Å². The van der Waals surface area contributed by atoms with Crippen LogP contribution in [0.25, 0.3) is 0 Å². The summed E-state index contributed by atoms with van der Waals surface area (Å²) in [6.07, 6.45) is 17.5. The van der Waals surface area contributed by atoms with E-state index in [0.29, 0.717) is 0 Å². The molecular formula is C17H36IN. The van der Waals surface area contributed by atoms with Crippen molar-refractivity contribution in [2.45, 2.75) is 84.0 Å². The van der Waals surface area contributed by atoms with Crippen molar-refractivity contribution in [2.75, 3.05) is 26.7 Å². The van der Waals surface area contributed by atoms with Crippen molar-refractivity contribution in [3.63, 3.8) is 0 Å². The molecule has 0 saturated carbocycles. The average Bonchev–Trinajstić information content (AvgIpc) is 2.38. The summed E-state index contributed by atoms with van der Waals surface area (Å²) in [4.78, 5) is 0. The van der Waals surface area contributed by atoms with Crippen molar-refractivity contribution in [1.82, 2.24) is 0 Å². The highest BCUT2D eigenvalue weighted by Crippen LogP contribution is 2.18. The first-order chi connectivity index (χ1) is 8.77. The van der Waals surface area contributed by atoms with E-state index in [1.807, 2.05) is 0 Å². The molecule has 2 heteroatoms. The quantitative estimate of drug-likeness (QED) is 0.309. The summed E-state index contributed by atoms with van der Waals surface area (Å²) in [7, 11) is 2.48. The zero-order chi connectivity index (χ0) is 13.1. The van der Waals surface area contributed by atoms with Gasteiger partial charge in [-0.2, -0.15) is 0 Å². The zero-order valence-corrected chi connectivity index (χ0v) is 15.6. The van der Waals surface area contributed by atoms with Crippen LogP contribution in [-0.4, -0.2) is 31.2 Å². The van der Waals surface area contributed by atoms with Crippen LogP contribution >= 0.6 is 0 Å². The fraction of sp³-hybridized carbons (Fsp3) is 1.00. The standard InChI is InChI=1S/C17H36N.HI/c1-3-4-5-6-7-8-9-10-12-15-18(2)16-13-11-14-17-18;/h3-17H2,1-2H3;1H/q+1;/p-1. The highest BCUT2D eigenvalue weighted by molar-refractivity contribution is 4.53. The molecular weight excluding hydrogens is 345 g/mol. The first-order valence-corrected chi connectivity index (χ1v) is 8.60. The highest BCUT2D eigenvalue weighted by Gasteiger charge is 2.23. The van der Waals surface area contributed by atoms with E-state index in [2.05, 4.69) is 14.0 Å². The molecule has 0 amide bonds. The molecule has 0 unspecified atom stereocenters. The number of likely N-dealkylation sites (tertiary alicyclic amines) is 1. The first kappa shape index (κ1) is 19.7. The monoisotopic (exact) mass is 381 g/mol. The average molecular weight is 381 g/mol. The Hall–Kier alpha value is 0.690. The lowest BCUT2D eigenvalue weighted by Gasteiger charge is -2.37. The van der Waals surface area contributed by atoms with E-state index >= 15 is 0 Å². The molecule has 0 bridgehead atoms. The van der Waals surface area contributed by atoms with Crippen molar-refractivity contribution in [1.29, 1.82) is 0 Å². The summed E-state index contributed by atoms with van der Waals surface area (Å²) < 4.78 is 1.37. The van der Waals surface area contributed by atoms with Crippen molar-refractivity contribution >= 4 is 0 Å². The van der Waals surface area contributed by atoms with Crippen LogP contribution in [0.3, 0.4) is 0 Å². The zero-order valence-electron chi connectivity index (χ0n) is 13.4. The van der Waals surface area contributed by atoms with Crippen molar-refractivity contribution in [3.05, 3.63) is 0 Å². The predicted octanol–water partition coefficient (Wildman–Crippen LogP) is 2.15. The lowest BCUT2D eigenvalue weighted by atomic mass is 10.1. The molecule has 1 aliphatic rings. The molecule has 0 aromatic carbocycles. The summed E-state index contributed by atoms with van der Waals surface area (Å²) in [5.74, 6) is 0. The van der Waals surface area contributed by atoms with E-state index in [9.17, 15) is 0 Å². The van der Waals surface area contributed by atoms with Gasteiger partial charge in [0.1, 0.15) is 0 Å². The molecule has 1 nitrogen and oxygen atoms in total. The van der Waals surface area contributed by atoms with E-state index in [0.717, 1.165) is 0 Å². The third kappa shape index (κ3) is 10.1. The third-order valence-corrected chi connectivity index (χ3v) is 4.70. The SMILES string of the molecule is CCCCCCCCCCC[N+]1(C)CCCCC1.[I-]. The van der Waals surface area contributed by atoms with Gasteiger partial charge in [0.2, 0.25) is 0 Å². The number of nitrogens with zero attached hydrogens (tertiary/aromatic N) is 1. The van der Waals surface area contributed by atoms with Gasteiger partial charge in [-0.05, 0) is 32.1 Å². The Morgan fingerprint density at radius 2 is 1.16 bits per heavy atom. The minimum absolute atomic E-state index is 0. The fourth-order valence-corrected chi connectivity index (χ4v) is 3.30. The van der Waals surface area contributed by atoms with Crippen molar-refractivity contribution < 1.29 is 28.5 Å². The fourth-order valence-electron chi connectivity index (χ4n) is 3.30. The molecule has 1 rings (SSSR count). The van der Waals surface area contributed by atoms with Gasteiger partial charge in [-0.15, -0.1) is 0 Å². The summed E-state index contributed by atoms with van der Waals surface area (Å²) in [6.45, 7) is 6.62. The second-order valence-electron chi connectivity index (χ2n) is 6.68. The van der Waals surface area contributed by atoms with Crippen LogP contribution in [0, 0.1) is 0 Å². The minimum Gasteiger partial charge on any atom is -1.00 e. The number of piperidine rings is 1. The maximum atomic E-state index is 2.48. The second-order valence-corrected chi connectivity index (χ2v) is 6.68. The summed E-state index contributed by atoms with van der Waals surface area (Å²) in [6, 6.07) is 0. The molecule has 0 aromatic rings. The number of unbranched alkanes of at least 4 members (excludes halogenated alkanes) is 8. The van der Waals surface area contributed by atoms with E-state index in [-0.39, 0.29) is 24.0 Å². The number of rotatable bonds is 10. The molecule has 0 aromatic heterocycles. The molecule has 1 fully saturated rings. The van der Waals surface area contributed by atoms with Gasteiger partial charge in [0.25, 0.3) is 0 Å². The van der Waals surface area contributed by atoms with Gasteiger partial charge in [0.05, 0.1) is 26.7 Å². The van der Waals surface area contributed by atoms with E-state index in [4.69, 9.17) is 0 Å². The van der Waals surface area contributed by atoms with Crippen molar-refractivity contribution in [2.24, 2.45) is 0 Å². The molecule has 0 N–H and O–H groups in total. The summed E-state index contributed by atoms with van der Waals surface area (Å²) in [5, 5.41) is 0. The maximum absolute atomic E-state index is 2.48. The molecule has 19 heavy (non-hydrogen) atoms. The molecule has 1 aliphatic heterocycles. The van der Waals surface area contributed by atoms with Crippen LogP contribution in [0.2, 0.25) is 0 Å². The normalized spacial score (nSPS) is 18.0. The van der Waals surface area contributed by atoms with Gasteiger partial charge in [-0.1, -0.05) is 51.9 Å². The number of halogens is 1. The molecule has 116 valence electrons. The Morgan fingerprint density at radius 3 is 1.68 bits per heavy atom. The highest BCUT2D eigenvalue weighted by atomic mass is 127. The van der Waals surface area contributed by atoms with Gasteiger partial charge in [0, 0.05) is 0 Å². The molecule has 1 heterocycles. The Balaban J connectivity index is 0.00000324. The largest absolute Gasteiger partial charge is 1.00 e. The molecule has 0 atom stereocenters. The Kier molecular flexibility index (Phi) is 12.9. The predicted molar refractivity (Wildman–Crippen MR) is 81.9 cm³/mol. The Morgan fingerprint density at radius 1 is 0.684 bits per heavy atom. The van der Waals surface area contributed by atoms with Crippen LogP contribution in [0.4, 0.5) is 0 Å². The van der Waals surface area contributed by atoms with E-state index < -0.39 is 0 Å². The topological polar surface area (TPSA) is 0 Å². The summed E-state index contributed by atoms with van der Waals surface area (Å²) >= 11 is 0. The van der Waals surface area contributed by atoms with E-state index in [1.165, 1.54) is 101 Å². The van der Waals surface area contributed by atoms with Gasteiger partial charge in [0.15, 0.2) is 0 Å². The Labute approximate surface area is 139 Å². The van der Waals surface area contributed by atoms with E-state index in [1.54, 1.807) is 0 Å². The Bertz CT molecular complexity index is 188. The van der Waals surface area contributed by atoms with Crippen LogP contribution in [-0.2, 0) is 0 Å². The molecule has 0 aliphatic carbocycles. The molecule has 0 radical (unpaired) electrons. The molecule has 1 saturated heterocycles. The number of hydrogen-bond acceptors (Lipinski definition) is 0. The number of quaternary nitrogens is 1. The van der Waals surface area contributed by atoms with Gasteiger partial charge >= 0.3 is 0 Å². The lowest BCUT2D eigenvalue weighted by molar-refractivity contribution is -0.914. The van der Waals surface area contributed by atoms with Gasteiger partial charge in [-0.3, -0.25) is 0 Å².